The molecule has 0 aliphatic heterocycles. The van der Waals surface area contributed by atoms with Crippen LogP contribution in [0.2, 0.25) is 10.0 Å². The fraction of sp³-hybridized carbons (Fsp3) is 0.0625. The molecule has 0 aliphatic carbocycles. The summed E-state index contributed by atoms with van der Waals surface area (Å²) < 4.78 is 1.78. The fourth-order valence-corrected chi connectivity index (χ4v) is 3.48. The lowest BCUT2D eigenvalue weighted by Crippen LogP contribution is -1.98. The van der Waals surface area contributed by atoms with Gasteiger partial charge in [0.1, 0.15) is 5.01 Å². The number of halogens is 2. The maximum absolute atomic E-state index is 6.22. The van der Waals surface area contributed by atoms with E-state index in [2.05, 4.69) is 15.3 Å². The first-order chi connectivity index (χ1) is 11.2. The van der Waals surface area contributed by atoms with Crippen molar-refractivity contribution in [3.05, 3.63) is 70.0 Å². The first-order valence-electron chi connectivity index (χ1n) is 6.91. The number of fused-ring (bicyclic) bond motifs is 1. The molecule has 4 aromatic rings. The highest BCUT2D eigenvalue weighted by atomic mass is 35.5. The standard InChI is InChI=1S/C16H10Cl2N4S/c17-12-7-5-10(6-8-12)15-21-22-14(19-20-16(22)23-15)9-11-3-1-2-4-13(11)18/h1-8H,9H2. The van der Waals surface area contributed by atoms with E-state index < -0.39 is 0 Å². The number of rotatable bonds is 3. The second kappa shape index (κ2) is 5.92. The molecule has 7 heteroatoms. The predicted octanol–water partition coefficient (Wildman–Crippen LogP) is 4.75. The molecule has 2 heterocycles. The third kappa shape index (κ3) is 2.83. The first kappa shape index (κ1) is 14.6. The minimum absolute atomic E-state index is 0.588. The van der Waals surface area contributed by atoms with E-state index in [9.17, 15) is 0 Å². The smallest absolute Gasteiger partial charge is 0.187 e. The highest BCUT2D eigenvalue weighted by Crippen LogP contribution is 2.27. The number of hydrogen-bond acceptors (Lipinski definition) is 4. The number of benzene rings is 2. The molecule has 0 aliphatic rings. The van der Waals surface area contributed by atoms with Crippen LogP contribution in [0.1, 0.15) is 11.4 Å². The fourth-order valence-electron chi connectivity index (χ4n) is 2.29. The lowest BCUT2D eigenvalue weighted by Gasteiger charge is -2.01. The van der Waals surface area contributed by atoms with Gasteiger partial charge in [0.05, 0.1) is 0 Å². The average Bonchev–Trinajstić information content (AvgIpc) is 3.12. The van der Waals surface area contributed by atoms with E-state index in [1.807, 2.05) is 48.5 Å². The molecule has 0 radical (unpaired) electrons. The first-order valence-corrected chi connectivity index (χ1v) is 8.48. The normalized spacial score (nSPS) is 11.2. The molecule has 2 aromatic carbocycles. The van der Waals surface area contributed by atoms with E-state index >= 15 is 0 Å². The Balaban J connectivity index is 1.72. The van der Waals surface area contributed by atoms with Crippen LogP contribution in [-0.4, -0.2) is 19.8 Å². The third-order valence-electron chi connectivity index (χ3n) is 3.45. The van der Waals surface area contributed by atoms with Gasteiger partial charge in [-0.15, -0.1) is 10.2 Å². The Hall–Kier alpha value is -1.95. The van der Waals surface area contributed by atoms with Crippen LogP contribution in [0.5, 0.6) is 0 Å². The molecule has 0 bridgehead atoms. The lowest BCUT2D eigenvalue weighted by molar-refractivity contribution is 0.854. The average molecular weight is 361 g/mol. The van der Waals surface area contributed by atoms with Crippen molar-refractivity contribution < 1.29 is 0 Å². The quantitative estimate of drug-likeness (QED) is 0.529. The molecule has 0 atom stereocenters. The Labute approximate surface area is 146 Å². The van der Waals surface area contributed by atoms with Crippen LogP contribution in [0, 0.1) is 0 Å². The van der Waals surface area contributed by atoms with Crippen molar-refractivity contribution in [1.82, 2.24) is 19.8 Å². The molecule has 0 fully saturated rings. The Bertz CT molecular complexity index is 975. The van der Waals surface area contributed by atoms with Gasteiger partial charge < -0.3 is 0 Å². The van der Waals surface area contributed by atoms with E-state index in [-0.39, 0.29) is 0 Å². The summed E-state index contributed by atoms with van der Waals surface area (Å²) in [5.74, 6) is 0.768. The van der Waals surface area contributed by atoms with Gasteiger partial charge in [-0.25, -0.2) is 0 Å². The Morgan fingerprint density at radius 3 is 2.52 bits per heavy atom. The molecule has 23 heavy (non-hydrogen) atoms. The molecule has 114 valence electrons. The van der Waals surface area contributed by atoms with Crippen molar-refractivity contribution >= 4 is 39.5 Å². The summed E-state index contributed by atoms with van der Waals surface area (Å²) in [7, 11) is 0. The summed E-state index contributed by atoms with van der Waals surface area (Å²) in [4.78, 5) is 0.761. The van der Waals surface area contributed by atoms with Gasteiger partial charge in [0.15, 0.2) is 5.82 Å². The van der Waals surface area contributed by atoms with E-state index in [1.165, 1.54) is 11.3 Å². The minimum Gasteiger partial charge on any atom is -0.187 e. The van der Waals surface area contributed by atoms with Crippen LogP contribution in [0.3, 0.4) is 0 Å². The minimum atomic E-state index is 0.588. The SMILES string of the molecule is Clc1ccc(-c2nn3c(Cc4ccccc4Cl)nnc3s2)cc1. The van der Waals surface area contributed by atoms with Gasteiger partial charge in [0.2, 0.25) is 4.96 Å². The Kier molecular flexibility index (Phi) is 3.77. The highest BCUT2D eigenvalue weighted by Gasteiger charge is 2.14. The van der Waals surface area contributed by atoms with Gasteiger partial charge in [-0.05, 0) is 23.8 Å². The number of hydrogen-bond donors (Lipinski definition) is 0. The summed E-state index contributed by atoms with van der Waals surface area (Å²) in [6.45, 7) is 0. The summed E-state index contributed by atoms with van der Waals surface area (Å²) in [5.41, 5.74) is 2.01. The topological polar surface area (TPSA) is 43.1 Å². The van der Waals surface area contributed by atoms with E-state index in [0.29, 0.717) is 11.4 Å². The van der Waals surface area contributed by atoms with Crippen LogP contribution >= 0.6 is 34.5 Å². The van der Waals surface area contributed by atoms with Gasteiger partial charge in [-0.2, -0.15) is 9.61 Å². The largest absolute Gasteiger partial charge is 0.234 e. The van der Waals surface area contributed by atoms with E-state index in [0.717, 1.165) is 31.9 Å². The van der Waals surface area contributed by atoms with Crippen molar-refractivity contribution in [3.8, 4) is 10.6 Å². The highest BCUT2D eigenvalue weighted by molar-refractivity contribution is 7.19. The predicted molar refractivity (Wildman–Crippen MR) is 93.4 cm³/mol. The number of nitrogens with zero attached hydrogens (tertiary/aromatic N) is 4. The zero-order valence-corrected chi connectivity index (χ0v) is 14.1. The molecule has 0 saturated heterocycles. The molecule has 0 unspecified atom stereocenters. The molecular formula is C16H10Cl2N4S. The van der Waals surface area contributed by atoms with Crippen molar-refractivity contribution in [2.24, 2.45) is 0 Å². The van der Waals surface area contributed by atoms with Crippen LogP contribution in [0.4, 0.5) is 0 Å². The summed E-state index contributed by atoms with van der Waals surface area (Å²) in [5, 5.41) is 15.4. The van der Waals surface area contributed by atoms with E-state index in [1.54, 1.807) is 4.52 Å². The Morgan fingerprint density at radius 2 is 1.74 bits per heavy atom. The third-order valence-corrected chi connectivity index (χ3v) is 5.02. The molecular weight excluding hydrogens is 351 g/mol. The van der Waals surface area contributed by atoms with Crippen molar-refractivity contribution in [2.75, 3.05) is 0 Å². The van der Waals surface area contributed by atoms with E-state index in [4.69, 9.17) is 23.2 Å². The summed E-state index contributed by atoms with van der Waals surface area (Å²) in [6.07, 6.45) is 0.588. The monoisotopic (exact) mass is 360 g/mol. The second-order valence-corrected chi connectivity index (χ2v) is 6.79. The lowest BCUT2D eigenvalue weighted by atomic mass is 10.1. The van der Waals surface area contributed by atoms with Crippen LogP contribution < -0.4 is 0 Å². The zero-order chi connectivity index (χ0) is 15.8. The molecule has 4 rings (SSSR count). The molecule has 0 saturated carbocycles. The maximum atomic E-state index is 6.22. The number of aromatic nitrogens is 4. The summed E-state index contributed by atoms with van der Waals surface area (Å²) in [6, 6.07) is 15.3. The molecule has 4 nitrogen and oxygen atoms in total. The van der Waals surface area contributed by atoms with Crippen LogP contribution in [-0.2, 0) is 6.42 Å². The van der Waals surface area contributed by atoms with Crippen molar-refractivity contribution in [3.63, 3.8) is 0 Å². The van der Waals surface area contributed by atoms with Gasteiger partial charge in [-0.1, -0.05) is 64.9 Å². The van der Waals surface area contributed by atoms with Crippen molar-refractivity contribution in [2.45, 2.75) is 6.42 Å². The summed E-state index contributed by atoms with van der Waals surface area (Å²) >= 11 is 13.6. The molecule has 0 spiro atoms. The molecule has 0 N–H and O–H groups in total. The van der Waals surface area contributed by atoms with Crippen LogP contribution in [0.25, 0.3) is 15.5 Å². The maximum Gasteiger partial charge on any atom is 0.234 e. The van der Waals surface area contributed by atoms with Gasteiger partial charge in [0, 0.05) is 22.0 Å². The van der Waals surface area contributed by atoms with Gasteiger partial charge in [0.25, 0.3) is 0 Å². The molecule has 0 amide bonds. The zero-order valence-electron chi connectivity index (χ0n) is 11.8. The van der Waals surface area contributed by atoms with Crippen molar-refractivity contribution in [1.29, 1.82) is 0 Å². The van der Waals surface area contributed by atoms with Gasteiger partial charge >= 0.3 is 0 Å². The molecule has 2 aromatic heterocycles. The van der Waals surface area contributed by atoms with Gasteiger partial charge in [-0.3, -0.25) is 0 Å². The van der Waals surface area contributed by atoms with Crippen LogP contribution in [0.15, 0.2) is 48.5 Å². The Morgan fingerprint density at radius 1 is 0.957 bits per heavy atom. The second-order valence-electron chi connectivity index (χ2n) is 4.99.